The maximum atomic E-state index is 12.5. The molecule has 0 aliphatic carbocycles. The lowest BCUT2D eigenvalue weighted by molar-refractivity contribution is -0.125. The van der Waals surface area contributed by atoms with E-state index in [2.05, 4.69) is 25.6 Å². The summed E-state index contributed by atoms with van der Waals surface area (Å²) in [6, 6.07) is 3.38. The van der Waals surface area contributed by atoms with E-state index in [9.17, 15) is 9.59 Å². The monoisotopic (exact) mass is 375 g/mol. The predicted octanol–water partition coefficient (Wildman–Crippen LogP) is 0.717. The highest BCUT2D eigenvalue weighted by Gasteiger charge is 2.37. The van der Waals surface area contributed by atoms with Gasteiger partial charge in [-0.1, -0.05) is 10.3 Å². The van der Waals surface area contributed by atoms with E-state index in [4.69, 9.17) is 4.42 Å². The number of nitrogens with zero attached hydrogens (tertiary/aromatic N) is 3. The average molecular weight is 375 g/mol. The van der Waals surface area contributed by atoms with Gasteiger partial charge in [0.15, 0.2) is 0 Å². The third kappa shape index (κ3) is 4.73. The van der Waals surface area contributed by atoms with Crippen LogP contribution in [-0.2, 0) is 22.6 Å². The predicted molar refractivity (Wildman–Crippen MR) is 95.6 cm³/mol. The van der Waals surface area contributed by atoms with Crippen molar-refractivity contribution in [3.05, 3.63) is 35.0 Å². The number of furan rings is 1. The number of nitrogens with one attached hydrogen (secondary N) is 2. The summed E-state index contributed by atoms with van der Waals surface area (Å²) in [4.78, 5) is 26.8. The quantitative estimate of drug-likeness (QED) is 0.733. The van der Waals surface area contributed by atoms with Gasteiger partial charge in [0.05, 0.1) is 19.0 Å². The molecule has 1 aliphatic rings. The first-order valence-corrected chi connectivity index (χ1v) is 9.10. The molecule has 0 unspecified atom stereocenters. The second-order valence-corrected chi connectivity index (χ2v) is 6.83. The van der Waals surface area contributed by atoms with Crippen molar-refractivity contribution in [3.63, 3.8) is 0 Å². The van der Waals surface area contributed by atoms with Gasteiger partial charge in [-0.05, 0) is 39.3 Å². The summed E-state index contributed by atoms with van der Waals surface area (Å²) in [6.07, 6.45) is 0.655. The van der Waals surface area contributed by atoms with Crippen LogP contribution in [0.3, 0.4) is 0 Å². The Hall–Kier alpha value is -2.68. The van der Waals surface area contributed by atoms with Crippen LogP contribution in [0.4, 0.5) is 0 Å². The first-order chi connectivity index (χ1) is 13.0. The van der Waals surface area contributed by atoms with Gasteiger partial charge in [-0.3, -0.25) is 14.5 Å². The summed E-state index contributed by atoms with van der Waals surface area (Å²) < 4.78 is 10.3. The summed E-state index contributed by atoms with van der Waals surface area (Å²) in [7, 11) is 0. The Morgan fingerprint density at radius 1 is 1.30 bits per heavy atom. The number of rotatable bonds is 7. The van der Waals surface area contributed by atoms with E-state index in [1.807, 2.05) is 30.9 Å². The molecule has 0 bridgehead atoms. The first-order valence-electron chi connectivity index (χ1n) is 9.10. The van der Waals surface area contributed by atoms with Crippen LogP contribution in [0.5, 0.6) is 0 Å². The minimum atomic E-state index is -0.309. The van der Waals surface area contributed by atoms with Crippen LogP contribution in [0.2, 0.25) is 0 Å². The van der Waals surface area contributed by atoms with Crippen LogP contribution in [-0.4, -0.2) is 52.2 Å². The molecule has 2 aromatic rings. The topological polar surface area (TPSA) is 114 Å². The Bertz CT molecular complexity index is 799. The van der Waals surface area contributed by atoms with Crippen molar-refractivity contribution in [3.8, 4) is 0 Å². The number of carbonyl (C=O) groups excluding carboxylic acids is 2. The molecule has 2 atom stereocenters. The van der Waals surface area contributed by atoms with E-state index in [1.165, 1.54) is 0 Å². The number of aryl methyl sites for hydroxylation is 2. The van der Waals surface area contributed by atoms with Crippen LogP contribution in [0, 0.1) is 13.8 Å². The molecule has 0 aromatic carbocycles. The number of amides is 2. The molecular formula is C18H25N5O4. The Morgan fingerprint density at radius 2 is 2.11 bits per heavy atom. The fraction of sp³-hybridized carbons (Fsp3) is 0.556. The number of aromatic nitrogens is 2. The molecule has 3 rings (SSSR count). The molecule has 1 saturated heterocycles. The maximum Gasteiger partial charge on any atom is 0.237 e. The molecule has 2 aromatic heterocycles. The van der Waals surface area contributed by atoms with Gasteiger partial charge in [-0.25, -0.2) is 4.63 Å². The average Bonchev–Trinajstić information content (AvgIpc) is 3.30. The highest BCUT2D eigenvalue weighted by Crippen LogP contribution is 2.22. The molecule has 146 valence electrons. The zero-order valence-corrected chi connectivity index (χ0v) is 15.8. The highest BCUT2D eigenvalue weighted by atomic mass is 16.6. The van der Waals surface area contributed by atoms with Crippen molar-refractivity contribution in [1.82, 2.24) is 25.8 Å². The van der Waals surface area contributed by atoms with Crippen molar-refractivity contribution in [1.29, 1.82) is 0 Å². The smallest absolute Gasteiger partial charge is 0.237 e. The molecule has 2 amide bonds. The van der Waals surface area contributed by atoms with E-state index in [-0.39, 0.29) is 30.3 Å². The van der Waals surface area contributed by atoms with E-state index in [0.717, 1.165) is 11.5 Å². The first kappa shape index (κ1) is 19.1. The molecular weight excluding hydrogens is 350 g/mol. The maximum absolute atomic E-state index is 12.5. The molecule has 0 radical (unpaired) electrons. The van der Waals surface area contributed by atoms with Gasteiger partial charge in [0.25, 0.3) is 0 Å². The lowest BCUT2D eigenvalue weighted by Crippen LogP contribution is -2.42. The largest absolute Gasteiger partial charge is 0.465 e. The van der Waals surface area contributed by atoms with Gasteiger partial charge in [-0.15, -0.1) is 0 Å². The third-order valence-corrected chi connectivity index (χ3v) is 4.65. The standard InChI is InChI=1S/C18H25N5O4/c1-4-19-18(25)16-7-13(9-23(16)10-14-6-5-11(2)26-14)20-17(24)8-15-12(3)21-27-22-15/h5-6,13,16H,4,7-10H2,1-3H3,(H,19,25)(H,20,24)/t13-,16+/m1/s1. The SMILES string of the molecule is CCNC(=O)[C@@H]1C[C@@H](NC(=O)Cc2nonc2C)CN1Cc1ccc(C)o1. The van der Waals surface area contributed by atoms with Crippen LogP contribution in [0.15, 0.2) is 21.2 Å². The van der Waals surface area contributed by atoms with Gasteiger partial charge in [0.2, 0.25) is 11.8 Å². The van der Waals surface area contributed by atoms with Gasteiger partial charge in [-0.2, -0.15) is 0 Å². The summed E-state index contributed by atoms with van der Waals surface area (Å²) in [5.41, 5.74) is 1.13. The van der Waals surface area contributed by atoms with Gasteiger partial charge in [0, 0.05) is 19.1 Å². The van der Waals surface area contributed by atoms with Crippen LogP contribution in [0.25, 0.3) is 0 Å². The number of hydrogen-bond donors (Lipinski definition) is 2. The van der Waals surface area contributed by atoms with Gasteiger partial charge >= 0.3 is 0 Å². The minimum absolute atomic E-state index is 0.0333. The van der Waals surface area contributed by atoms with Crippen molar-refractivity contribution in [2.45, 2.75) is 52.2 Å². The number of likely N-dealkylation sites (N-methyl/N-ethyl adjacent to an activating group) is 1. The van der Waals surface area contributed by atoms with Crippen LogP contribution < -0.4 is 10.6 Å². The summed E-state index contributed by atoms with van der Waals surface area (Å²) in [5.74, 6) is 1.44. The molecule has 0 spiro atoms. The Labute approximate surface area is 157 Å². The summed E-state index contributed by atoms with van der Waals surface area (Å²) in [5, 5.41) is 13.3. The highest BCUT2D eigenvalue weighted by molar-refractivity contribution is 5.83. The molecule has 1 fully saturated rings. The normalized spacial score (nSPS) is 20.0. The molecule has 27 heavy (non-hydrogen) atoms. The Balaban J connectivity index is 1.63. The number of carbonyl (C=O) groups is 2. The van der Waals surface area contributed by atoms with E-state index < -0.39 is 0 Å². The zero-order chi connectivity index (χ0) is 19.4. The molecule has 2 N–H and O–H groups in total. The second-order valence-electron chi connectivity index (χ2n) is 6.83. The lowest BCUT2D eigenvalue weighted by Gasteiger charge is -2.22. The number of likely N-dealkylation sites (tertiary alicyclic amines) is 1. The van der Waals surface area contributed by atoms with E-state index in [0.29, 0.717) is 37.4 Å². The van der Waals surface area contributed by atoms with Crippen molar-refractivity contribution < 1.29 is 18.6 Å². The van der Waals surface area contributed by atoms with Gasteiger partial charge in [0.1, 0.15) is 22.9 Å². The van der Waals surface area contributed by atoms with E-state index >= 15 is 0 Å². The molecule has 9 nitrogen and oxygen atoms in total. The van der Waals surface area contributed by atoms with Crippen LogP contribution >= 0.6 is 0 Å². The van der Waals surface area contributed by atoms with Crippen molar-refractivity contribution in [2.75, 3.05) is 13.1 Å². The third-order valence-electron chi connectivity index (χ3n) is 4.65. The lowest BCUT2D eigenvalue weighted by atomic mass is 10.1. The minimum Gasteiger partial charge on any atom is -0.465 e. The Kier molecular flexibility index (Phi) is 5.90. The molecule has 9 heteroatoms. The molecule has 1 aliphatic heterocycles. The van der Waals surface area contributed by atoms with Crippen molar-refractivity contribution in [2.24, 2.45) is 0 Å². The summed E-state index contributed by atoms with van der Waals surface area (Å²) in [6.45, 7) is 7.18. The summed E-state index contributed by atoms with van der Waals surface area (Å²) >= 11 is 0. The molecule has 0 saturated carbocycles. The van der Waals surface area contributed by atoms with Crippen molar-refractivity contribution >= 4 is 11.8 Å². The second kappa shape index (κ2) is 8.34. The fourth-order valence-corrected chi connectivity index (χ4v) is 3.36. The van der Waals surface area contributed by atoms with Crippen LogP contribution in [0.1, 0.15) is 36.3 Å². The number of hydrogen-bond acceptors (Lipinski definition) is 7. The molecule has 3 heterocycles. The van der Waals surface area contributed by atoms with Gasteiger partial charge < -0.3 is 15.1 Å². The fourth-order valence-electron chi connectivity index (χ4n) is 3.36. The van der Waals surface area contributed by atoms with E-state index in [1.54, 1.807) is 6.92 Å². The zero-order valence-electron chi connectivity index (χ0n) is 15.8. The Morgan fingerprint density at radius 3 is 2.74 bits per heavy atom.